The van der Waals surface area contributed by atoms with Gasteiger partial charge in [-0.3, -0.25) is 4.79 Å². The van der Waals surface area contributed by atoms with Crippen LogP contribution in [0.1, 0.15) is 36.5 Å². The maximum atomic E-state index is 12.0. The summed E-state index contributed by atoms with van der Waals surface area (Å²) >= 11 is 12.1. The Morgan fingerprint density at radius 3 is 2.41 bits per heavy atom. The van der Waals surface area contributed by atoms with Gasteiger partial charge in [0.1, 0.15) is 6.10 Å². The number of carbonyl (C=O) groups excluding carboxylic acids is 1. The van der Waals surface area contributed by atoms with E-state index in [1.165, 1.54) is 0 Å². The molecule has 0 aliphatic carbocycles. The maximum absolute atomic E-state index is 12.0. The molecule has 0 aromatic heterocycles. The zero-order valence-corrected chi connectivity index (χ0v) is 13.6. The van der Waals surface area contributed by atoms with Crippen LogP contribution in [-0.2, 0) is 9.53 Å². The van der Waals surface area contributed by atoms with E-state index in [9.17, 15) is 4.79 Å². The van der Waals surface area contributed by atoms with Crippen LogP contribution >= 0.6 is 23.2 Å². The molecule has 2 nitrogen and oxygen atoms in total. The van der Waals surface area contributed by atoms with Gasteiger partial charge in [-0.25, -0.2) is 0 Å². The summed E-state index contributed by atoms with van der Waals surface area (Å²) in [7, 11) is 0. The van der Waals surface area contributed by atoms with Crippen LogP contribution in [0.3, 0.4) is 0 Å². The van der Waals surface area contributed by atoms with Crippen LogP contribution in [0.4, 0.5) is 0 Å². The van der Waals surface area contributed by atoms with E-state index in [0.29, 0.717) is 10.0 Å². The zero-order chi connectivity index (χ0) is 15.7. The summed E-state index contributed by atoms with van der Waals surface area (Å²) in [6, 6.07) is 15.2. The van der Waals surface area contributed by atoms with E-state index in [-0.39, 0.29) is 23.9 Å². The van der Waals surface area contributed by atoms with Crippen molar-refractivity contribution in [2.75, 3.05) is 0 Å². The molecule has 0 radical (unpaired) electrons. The van der Waals surface area contributed by atoms with E-state index in [4.69, 9.17) is 27.9 Å². The van der Waals surface area contributed by atoms with Gasteiger partial charge >= 0.3 is 5.97 Å². The van der Waals surface area contributed by atoms with E-state index < -0.39 is 0 Å². The molecule has 0 amide bonds. The van der Waals surface area contributed by atoms with Gasteiger partial charge in [0, 0.05) is 16.0 Å². The van der Waals surface area contributed by atoms with Crippen molar-refractivity contribution in [3.63, 3.8) is 0 Å². The number of benzene rings is 2. The Bertz CT molecular complexity index is 682. The summed E-state index contributed by atoms with van der Waals surface area (Å²) in [5, 5.41) is 1.36. The van der Waals surface area contributed by atoms with Gasteiger partial charge in [0.2, 0.25) is 0 Å². The van der Waals surface area contributed by atoms with Gasteiger partial charge in [0.25, 0.3) is 0 Å². The van der Waals surface area contributed by atoms with Gasteiger partial charge < -0.3 is 4.74 Å². The first-order valence-corrected chi connectivity index (χ1v) is 8.01. The van der Waals surface area contributed by atoms with Crippen LogP contribution in [0.15, 0.2) is 48.5 Å². The van der Waals surface area contributed by atoms with Gasteiger partial charge in [-0.05, 0) is 41.8 Å². The van der Waals surface area contributed by atoms with Gasteiger partial charge in [-0.1, -0.05) is 54.4 Å². The summed E-state index contributed by atoms with van der Waals surface area (Å²) < 4.78 is 5.71. The van der Waals surface area contributed by atoms with Crippen molar-refractivity contribution in [1.29, 1.82) is 0 Å². The molecule has 0 N–H and O–H groups in total. The lowest BCUT2D eigenvalue weighted by Crippen LogP contribution is -2.30. The van der Waals surface area contributed by atoms with E-state index >= 15 is 0 Å². The molecule has 0 spiro atoms. The SMILES string of the molecule is C[C@H]1CC(c2cccc(Cl)c2)[C@H](c2ccc(Cl)cc2)OC1=O. The highest BCUT2D eigenvalue weighted by molar-refractivity contribution is 6.30. The highest BCUT2D eigenvalue weighted by Gasteiger charge is 2.37. The Balaban J connectivity index is 1.99. The predicted molar refractivity (Wildman–Crippen MR) is 88.3 cm³/mol. The quantitative estimate of drug-likeness (QED) is 0.687. The highest BCUT2D eigenvalue weighted by Crippen LogP contribution is 2.43. The molecule has 1 aliphatic heterocycles. The van der Waals surface area contributed by atoms with E-state index in [2.05, 4.69) is 0 Å². The molecule has 1 heterocycles. The van der Waals surface area contributed by atoms with Crippen molar-refractivity contribution in [3.8, 4) is 0 Å². The molecule has 0 bridgehead atoms. The van der Waals surface area contributed by atoms with Gasteiger partial charge in [-0.15, -0.1) is 0 Å². The smallest absolute Gasteiger partial charge is 0.309 e. The number of hydrogen-bond donors (Lipinski definition) is 0. The first-order chi connectivity index (χ1) is 10.5. The third-order valence-corrected chi connectivity index (χ3v) is 4.58. The molecule has 1 saturated heterocycles. The number of carbonyl (C=O) groups is 1. The van der Waals surface area contributed by atoms with Crippen molar-refractivity contribution in [2.24, 2.45) is 5.92 Å². The van der Waals surface area contributed by atoms with Gasteiger partial charge in [0.15, 0.2) is 0 Å². The molecule has 0 saturated carbocycles. The van der Waals surface area contributed by atoms with Crippen LogP contribution in [-0.4, -0.2) is 5.97 Å². The molecule has 22 heavy (non-hydrogen) atoms. The molecule has 2 aromatic rings. The molecule has 114 valence electrons. The molecule has 1 fully saturated rings. The first-order valence-electron chi connectivity index (χ1n) is 7.26. The van der Waals surface area contributed by atoms with Crippen molar-refractivity contribution < 1.29 is 9.53 Å². The minimum Gasteiger partial charge on any atom is -0.457 e. The molecule has 3 atom stereocenters. The van der Waals surface area contributed by atoms with Crippen LogP contribution in [0.5, 0.6) is 0 Å². The molecule has 1 aliphatic rings. The second-order valence-corrected chi connectivity index (χ2v) is 6.58. The highest BCUT2D eigenvalue weighted by atomic mass is 35.5. The Labute approximate surface area is 140 Å². The largest absolute Gasteiger partial charge is 0.457 e. The van der Waals surface area contributed by atoms with Crippen LogP contribution < -0.4 is 0 Å². The monoisotopic (exact) mass is 334 g/mol. The van der Waals surface area contributed by atoms with Crippen LogP contribution in [0.2, 0.25) is 10.0 Å². The average Bonchev–Trinajstić information content (AvgIpc) is 2.50. The summed E-state index contributed by atoms with van der Waals surface area (Å²) in [6.07, 6.45) is 0.436. The average molecular weight is 335 g/mol. The first kappa shape index (κ1) is 15.4. The Morgan fingerprint density at radius 1 is 1.00 bits per heavy atom. The van der Waals surface area contributed by atoms with E-state index in [1.807, 2.05) is 55.5 Å². The fraction of sp³-hybridized carbons (Fsp3) is 0.278. The lowest BCUT2D eigenvalue weighted by atomic mass is 9.80. The minimum absolute atomic E-state index is 0.0903. The summed E-state index contributed by atoms with van der Waals surface area (Å²) in [6.45, 7) is 1.90. The lowest BCUT2D eigenvalue weighted by molar-refractivity contribution is -0.162. The van der Waals surface area contributed by atoms with E-state index in [0.717, 1.165) is 17.5 Å². The summed E-state index contributed by atoms with van der Waals surface area (Å²) in [5.74, 6) is -0.182. The number of halogens is 2. The standard InChI is InChI=1S/C18H16Cl2O2/c1-11-9-16(13-3-2-4-15(20)10-13)17(22-18(11)21)12-5-7-14(19)8-6-12/h2-8,10-11,16-17H,9H2,1H3/t11-,16?,17-/m0/s1. The molecular weight excluding hydrogens is 319 g/mol. The minimum atomic E-state index is -0.306. The number of ether oxygens (including phenoxy) is 1. The molecule has 1 unspecified atom stereocenters. The van der Waals surface area contributed by atoms with Crippen LogP contribution in [0.25, 0.3) is 0 Å². The van der Waals surface area contributed by atoms with Crippen molar-refractivity contribution in [3.05, 3.63) is 69.7 Å². The summed E-state index contributed by atoms with van der Waals surface area (Å²) in [5.41, 5.74) is 2.04. The molecule has 3 rings (SSSR count). The Kier molecular flexibility index (Phi) is 4.42. The normalized spacial score (nSPS) is 24.9. The number of cyclic esters (lactones) is 1. The van der Waals surface area contributed by atoms with Crippen LogP contribution in [0, 0.1) is 5.92 Å². The van der Waals surface area contributed by atoms with Gasteiger partial charge in [0.05, 0.1) is 5.92 Å². The fourth-order valence-corrected chi connectivity index (χ4v) is 3.25. The van der Waals surface area contributed by atoms with Gasteiger partial charge in [-0.2, -0.15) is 0 Å². The summed E-state index contributed by atoms with van der Waals surface area (Å²) in [4.78, 5) is 12.0. The zero-order valence-electron chi connectivity index (χ0n) is 12.1. The van der Waals surface area contributed by atoms with E-state index in [1.54, 1.807) is 0 Å². The molecule has 2 aromatic carbocycles. The topological polar surface area (TPSA) is 26.3 Å². The van der Waals surface area contributed by atoms with Crippen molar-refractivity contribution in [1.82, 2.24) is 0 Å². The second kappa shape index (κ2) is 6.31. The number of hydrogen-bond acceptors (Lipinski definition) is 2. The fourth-order valence-electron chi connectivity index (χ4n) is 2.93. The number of rotatable bonds is 2. The molecular formula is C18H16Cl2O2. The second-order valence-electron chi connectivity index (χ2n) is 5.71. The van der Waals surface area contributed by atoms with Crippen molar-refractivity contribution >= 4 is 29.2 Å². The predicted octanol–water partition coefficient (Wildman–Crippen LogP) is 5.40. The third-order valence-electron chi connectivity index (χ3n) is 4.09. The maximum Gasteiger partial charge on any atom is 0.309 e. The Morgan fingerprint density at radius 2 is 1.73 bits per heavy atom. The lowest BCUT2D eigenvalue weighted by Gasteiger charge is -2.35. The third kappa shape index (κ3) is 3.13. The Hall–Kier alpha value is -1.51. The number of esters is 1. The van der Waals surface area contributed by atoms with Crippen molar-refractivity contribution in [2.45, 2.75) is 25.4 Å². The molecule has 4 heteroatoms.